The van der Waals surface area contributed by atoms with Crippen molar-refractivity contribution >= 4 is 11.7 Å². The highest BCUT2D eigenvalue weighted by Gasteiger charge is 2.33. The van der Waals surface area contributed by atoms with Crippen molar-refractivity contribution in [3.8, 4) is 0 Å². The van der Waals surface area contributed by atoms with Crippen LogP contribution < -0.4 is 11.1 Å². The second-order valence-electron chi connectivity index (χ2n) is 5.12. The molecule has 0 aromatic carbocycles. The highest BCUT2D eigenvalue weighted by atomic mass is 16.4. The molecule has 1 unspecified atom stereocenters. The first-order valence-corrected chi connectivity index (χ1v) is 6.32. The van der Waals surface area contributed by atoms with Crippen molar-refractivity contribution in [3.05, 3.63) is 0 Å². The summed E-state index contributed by atoms with van der Waals surface area (Å²) in [6.07, 6.45) is 5.75. The van der Waals surface area contributed by atoms with Gasteiger partial charge in [-0.2, -0.15) is 0 Å². The number of amides is 1. The molecule has 1 aliphatic carbocycles. The zero-order valence-electron chi connectivity index (χ0n) is 10.7. The van der Waals surface area contributed by atoms with Crippen molar-refractivity contribution in [2.75, 3.05) is 0 Å². The third-order valence-electron chi connectivity index (χ3n) is 3.50. The molecule has 98 valence electrons. The number of hydrogen-bond donors (Lipinski definition) is 3. The Morgan fingerprint density at radius 3 is 2.59 bits per heavy atom. The average molecular weight is 241 g/mol. The smallest absolute Gasteiger partial charge is 0.231 e. The molecule has 0 bridgehead atoms. The molecule has 1 atom stereocenters. The number of nitrogens with one attached hydrogen (secondary N) is 1. The molecule has 0 saturated heterocycles. The molecule has 1 aliphatic rings. The molecule has 0 heterocycles. The van der Waals surface area contributed by atoms with Crippen molar-refractivity contribution in [2.45, 2.75) is 57.9 Å². The standard InChI is InChI=1S/C12H23N3O2/c1-3-6-9(10(13)15-17)11(16)14-12(2)7-4-5-8-12/h9,17H,3-8H2,1-2H3,(H2,13,15)(H,14,16). The molecule has 1 rings (SSSR count). The zero-order chi connectivity index (χ0) is 12.9. The molecular weight excluding hydrogens is 218 g/mol. The van der Waals surface area contributed by atoms with E-state index in [2.05, 4.69) is 17.4 Å². The molecule has 5 heteroatoms. The van der Waals surface area contributed by atoms with Crippen LogP contribution in [0.1, 0.15) is 52.4 Å². The lowest BCUT2D eigenvalue weighted by atomic mass is 9.96. The molecule has 0 radical (unpaired) electrons. The number of hydrogen-bond acceptors (Lipinski definition) is 3. The van der Waals surface area contributed by atoms with Gasteiger partial charge in [-0.1, -0.05) is 31.3 Å². The summed E-state index contributed by atoms with van der Waals surface area (Å²) in [5.74, 6) is -0.625. The molecule has 0 aromatic rings. The van der Waals surface area contributed by atoms with E-state index in [-0.39, 0.29) is 17.3 Å². The lowest BCUT2D eigenvalue weighted by molar-refractivity contribution is -0.125. The van der Waals surface area contributed by atoms with E-state index in [0.29, 0.717) is 6.42 Å². The van der Waals surface area contributed by atoms with Gasteiger partial charge in [0.25, 0.3) is 0 Å². The van der Waals surface area contributed by atoms with Crippen molar-refractivity contribution in [3.63, 3.8) is 0 Å². The maximum absolute atomic E-state index is 12.1. The third-order valence-corrected chi connectivity index (χ3v) is 3.50. The van der Waals surface area contributed by atoms with Gasteiger partial charge in [-0.3, -0.25) is 4.79 Å². The minimum atomic E-state index is -0.512. The normalized spacial score (nSPS) is 21.2. The van der Waals surface area contributed by atoms with Crippen LogP contribution in [-0.2, 0) is 4.79 Å². The van der Waals surface area contributed by atoms with Gasteiger partial charge in [0.2, 0.25) is 5.91 Å². The molecule has 0 aliphatic heterocycles. The number of carbonyl (C=O) groups is 1. The summed E-state index contributed by atoms with van der Waals surface area (Å²) in [4.78, 5) is 12.1. The highest BCUT2D eigenvalue weighted by molar-refractivity contribution is 6.02. The Labute approximate surface area is 102 Å². The first kappa shape index (κ1) is 13.8. The fraction of sp³-hybridized carbons (Fsp3) is 0.833. The number of nitrogens with two attached hydrogens (primary N) is 1. The van der Waals surface area contributed by atoms with Crippen LogP contribution in [0, 0.1) is 5.92 Å². The molecule has 4 N–H and O–H groups in total. The van der Waals surface area contributed by atoms with Crippen molar-refractivity contribution < 1.29 is 10.0 Å². The quantitative estimate of drug-likeness (QED) is 0.296. The first-order chi connectivity index (χ1) is 8.02. The summed E-state index contributed by atoms with van der Waals surface area (Å²) in [7, 11) is 0. The van der Waals surface area contributed by atoms with Crippen molar-refractivity contribution in [2.24, 2.45) is 16.8 Å². The summed E-state index contributed by atoms with van der Waals surface area (Å²) in [5.41, 5.74) is 5.45. The molecule has 5 nitrogen and oxygen atoms in total. The molecule has 17 heavy (non-hydrogen) atoms. The van der Waals surface area contributed by atoms with E-state index in [1.165, 1.54) is 0 Å². The Hall–Kier alpha value is -1.26. The second-order valence-corrected chi connectivity index (χ2v) is 5.12. The Bertz CT molecular complexity index is 296. The number of rotatable bonds is 5. The maximum atomic E-state index is 12.1. The predicted octanol–water partition coefficient (Wildman–Crippen LogP) is 1.60. The summed E-state index contributed by atoms with van der Waals surface area (Å²) in [6.45, 7) is 4.04. The van der Waals surface area contributed by atoms with E-state index < -0.39 is 5.92 Å². The zero-order valence-corrected chi connectivity index (χ0v) is 10.7. The van der Waals surface area contributed by atoms with E-state index in [1.54, 1.807) is 0 Å². The number of carbonyl (C=O) groups excluding carboxylic acids is 1. The van der Waals surface area contributed by atoms with Crippen molar-refractivity contribution in [1.82, 2.24) is 5.32 Å². The molecule has 1 fully saturated rings. The first-order valence-electron chi connectivity index (χ1n) is 6.32. The topological polar surface area (TPSA) is 87.7 Å². The van der Waals surface area contributed by atoms with Crippen LogP contribution in [0.5, 0.6) is 0 Å². The molecule has 1 amide bonds. The Balaban J connectivity index is 2.65. The van der Waals surface area contributed by atoms with E-state index in [0.717, 1.165) is 32.1 Å². The highest BCUT2D eigenvalue weighted by Crippen LogP contribution is 2.29. The minimum absolute atomic E-state index is 0.00551. The van der Waals surface area contributed by atoms with Crippen LogP contribution in [-0.4, -0.2) is 22.5 Å². The fourth-order valence-electron chi connectivity index (χ4n) is 2.44. The van der Waals surface area contributed by atoms with E-state index in [1.807, 2.05) is 6.92 Å². The molecule has 0 spiro atoms. The van der Waals surface area contributed by atoms with Gasteiger partial charge >= 0.3 is 0 Å². The minimum Gasteiger partial charge on any atom is -0.409 e. The fourth-order valence-corrected chi connectivity index (χ4v) is 2.44. The molecule has 0 aromatic heterocycles. The summed E-state index contributed by atoms with van der Waals surface area (Å²) < 4.78 is 0. The summed E-state index contributed by atoms with van der Waals surface area (Å²) in [5, 5.41) is 14.7. The van der Waals surface area contributed by atoms with Crippen LogP contribution in [0.4, 0.5) is 0 Å². The van der Waals surface area contributed by atoms with E-state index in [4.69, 9.17) is 10.9 Å². The van der Waals surface area contributed by atoms with Crippen LogP contribution in [0.15, 0.2) is 5.16 Å². The van der Waals surface area contributed by atoms with Crippen LogP contribution in [0.3, 0.4) is 0 Å². The van der Waals surface area contributed by atoms with Gasteiger partial charge in [0, 0.05) is 5.54 Å². The van der Waals surface area contributed by atoms with Gasteiger partial charge in [-0.05, 0) is 26.2 Å². The van der Waals surface area contributed by atoms with Crippen LogP contribution in [0.25, 0.3) is 0 Å². The van der Waals surface area contributed by atoms with Gasteiger partial charge < -0.3 is 16.3 Å². The predicted molar refractivity (Wildman–Crippen MR) is 66.8 cm³/mol. The lowest BCUT2D eigenvalue weighted by Gasteiger charge is -2.27. The monoisotopic (exact) mass is 241 g/mol. The SMILES string of the molecule is CCCC(C(=O)NC1(C)CCCC1)C(N)=NO. The summed E-state index contributed by atoms with van der Waals surface area (Å²) >= 11 is 0. The van der Waals surface area contributed by atoms with Gasteiger partial charge in [-0.25, -0.2) is 0 Å². The maximum Gasteiger partial charge on any atom is 0.231 e. The Morgan fingerprint density at radius 1 is 1.53 bits per heavy atom. The van der Waals surface area contributed by atoms with E-state index >= 15 is 0 Å². The Kier molecular flexibility index (Phi) is 4.78. The molecular formula is C12H23N3O2. The number of oxime groups is 1. The molecule has 1 saturated carbocycles. The second kappa shape index (κ2) is 5.89. The number of amidine groups is 1. The van der Waals surface area contributed by atoms with Gasteiger partial charge in [-0.15, -0.1) is 0 Å². The van der Waals surface area contributed by atoms with Gasteiger partial charge in [0.1, 0.15) is 0 Å². The van der Waals surface area contributed by atoms with Crippen molar-refractivity contribution in [1.29, 1.82) is 0 Å². The van der Waals surface area contributed by atoms with Gasteiger partial charge in [0.05, 0.1) is 5.92 Å². The lowest BCUT2D eigenvalue weighted by Crippen LogP contribution is -2.49. The largest absolute Gasteiger partial charge is 0.409 e. The number of nitrogens with zero attached hydrogens (tertiary/aromatic N) is 1. The Morgan fingerprint density at radius 2 is 2.12 bits per heavy atom. The van der Waals surface area contributed by atoms with E-state index in [9.17, 15) is 4.79 Å². The van der Waals surface area contributed by atoms with Crippen LogP contribution in [0.2, 0.25) is 0 Å². The third kappa shape index (κ3) is 3.61. The average Bonchev–Trinajstić information content (AvgIpc) is 2.71. The van der Waals surface area contributed by atoms with Gasteiger partial charge in [0.15, 0.2) is 5.84 Å². The summed E-state index contributed by atoms with van der Waals surface area (Å²) in [6, 6.07) is 0. The van der Waals surface area contributed by atoms with Crippen LogP contribution >= 0.6 is 0 Å².